The second-order valence-corrected chi connectivity index (χ2v) is 14.3. The van der Waals surface area contributed by atoms with Crippen molar-refractivity contribution >= 4 is 39.2 Å². The van der Waals surface area contributed by atoms with Gasteiger partial charge in [0.25, 0.3) is 0 Å². The van der Waals surface area contributed by atoms with E-state index in [1.807, 2.05) is 30.3 Å². The number of nitrogens with one attached hydrogen (secondary N) is 1. The minimum atomic E-state index is -0.0627. The summed E-state index contributed by atoms with van der Waals surface area (Å²) in [6.07, 6.45) is 4.24. The molecule has 1 aliphatic rings. The molecule has 0 radical (unpaired) electrons. The van der Waals surface area contributed by atoms with E-state index in [1.165, 1.54) is 54.9 Å². The van der Waals surface area contributed by atoms with Crippen LogP contribution in [0.15, 0.2) is 187 Å². The fourth-order valence-corrected chi connectivity index (χ4v) is 8.13. The standard InChI is InChI=1S/C51H38N2/c1-51(2)46-25-13-12-23-45(46)49-44(24-14-26-47(49)51)42-31-29-35(39-19-8-10-21-41(39)42)30-32-48(53-50(52)36-16-4-3-5-17-36)43-22-11-9-20-40(43)38-28-27-34-15-6-7-18-37(34)33-38/h3-33,52H,1-2H3/b32-30+,52-50?,53-48?. The third kappa shape index (κ3) is 5.70. The molecule has 0 aromatic heterocycles. The van der Waals surface area contributed by atoms with Crippen molar-refractivity contribution in [3.8, 4) is 33.4 Å². The summed E-state index contributed by atoms with van der Waals surface area (Å²) >= 11 is 0. The van der Waals surface area contributed by atoms with Crippen LogP contribution in [0, 0.1) is 5.41 Å². The Balaban J connectivity index is 1.18. The number of nitrogens with zero attached hydrogens (tertiary/aromatic N) is 1. The highest BCUT2D eigenvalue weighted by Gasteiger charge is 2.36. The first-order valence-corrected chi connectivity index (χ1v) is 18.2. The third-order valence-corrected chi connectivity index (χ3v) is 10.8. The molecule has 2 nitrogen and oxygen atoms in total. The predicted octanol–water partition coefficient (Wildman–Crippen LogP) is 13.2. The maximum absolute atomic E-state index is 9.05. The molecule has 1 aliphatic carbocycles. The van der Waals surface area contributed by atoms with Gasteiger partial charge in [-0.2, -0.15) is 0 Å². The van der Waals surface area contributed by atoms with E-state index in [1.54, 1.807) is 0 Å². The quantitative estimate of drug-likeness (QED) is 0.134. The summed E-state index contributed by atoms with van der Waals surface area (Å²) < 4.78 is 0. The summed E-state index contributed by atoms with van der Waals surface area (Å²) in [5.74, 6) is 0.222. The van der Waals surface area contributed by atoms with E-state index in [9.17, 15) is 0 Å². The predicted molar refractivity (Wildman–Crippen MR) is 225 cm³/mol. The van der Waals surface area contributed by atoms with Gasteiger partial charge in [-0.05, 0) is 83.8 Å². The molecule has 252 valence electrons. The zero-order valence-corrected chi connectivity index (χ0v) is 29.8. The van der Waals surface area contributed by atoms with Crippen molar-refractivity contribution in [1.82, 2.24) is 0 Å². The second-order valence-electron chi connectivity index (χ2n) is 14.3. The minimum Gasteiger partial charge on any atom is -0.282 e. The van der Waals surface area contributed by atoms with E-state index in [0.29, 0.717) is 0 Å². The van der Waals surface area contributed by atoms with Crippen LogP contribution in [-0.2, 0) is 5.41 Å². The molecule has 0 aliphatic heterocycles. The number of rotatable bonds is 6. The van der Waals surface area contributed by atoms with Gasteiger partial charge in [-0.15, -0.1) is 0 Å². The highest BCUT2D eigenvalue weighted by molar-refractivity contribution is 6.20. The molecule has 0 spiro atoms. The molecular formula is C51H38N2. The molecule has 9 rings (SSSR count). The first kappa shape index (κ1) is 32.3. The molecule has 0 unspecified atom stereocenters. The monoisotopic (exact) mass is 678 g/mol. The Hall–Kier alpha value is -6.64. The lowest BCUT2D eigenvalue weighted by molar-refractivity contribution is 0.660. The lowest BCUT2D eigenvalue weighted by atomic mass is 9.81. The Morgan fingerprint density at radius 1 is 0.528 bits per heavy atom. The van der Waals surface area contributed by atoms with Gasteiger partial charge in [0, 0.05) is 16.5 Å². The van der Waals surface area contributed by atoms with Crippen molar-refractivity contribution < 1.29 is 0 Å². The summed E-state index contributed by atoms with van der Waals surface area (Å²) in [4.78, 5) is 5.01. The van der Waals surface area contributed by atoms with Crippen molar-refractivity contribution in [2.75, 3.05) is 0 Å². The average molecular weight is 679 g/mol. The molecule has 1 N–H and O–H groups in total. The number of hydrogen-bond donors (Lipinski definition) is 1. The highest BCUT2D eigenvalue weighted by Crippen LogP contribution is 2.52. The fraction of sp³-hybridized carbons (Fsp3) is 0.0588. The molecule has 0 saturated carbocycles. The van der Waals surface area contributed by atoms with E-state index in [-0.39, 0.29) is 11.3 Å². The van der Waals surface area contributed by atoms with Crippen molar-refractivity contribution in [3.63, 3.8) is 0 Å². The average Bonchev–Trinajstić information content (AvgIpc) is 3.45. The maximum atomic E-state index is 9.05. The van der Waals surface area contributed by atoms with Gasteiger partial charge >= 0.3 is 0 Å². The van der Waals surface area contributed by atoms with E-state index < -0.39 is 0 Å². The smallest absolute Gasteiger partial charge is 0.152 e. The molecule has 53 heavy (non-hydrogen) atoms. The Kier molecular flexibility index (Phi) is 8.01. The normalized spacial score (nSPS) is 13.4. The van der Waals surface area contributed by atoms with Crippen molar-refractivity contribution in [1.29, 1.82) is 5.41 Å². The molecule has 0 atom stereocenters. The van der Waals surface area contributed by atoms with Crippen LogP contribution in [0.5, 0.6) is 0 Å². The van der Waals surface area contributed by atoms with Gasteiger partial charge in [0.05, 0.1) is 5.71 Å². The van der Waals surface area contributed by atoms with Gasteiger partial charge in [0.1, 0.15) is 0 Å². The van der Waals surface area contributed by atoms with Gasteiger partial charge < -0.3 is 0 Å². The van der Waals surface area contributed by atoms with Crippen LogP contribution in [-0.4, -0.2) is 11.5 Å². The van der Waals surface area contributed by atoms with E-state index >= 15 is 0 Å². The molecule has 2 heteroatoms. The van der Waals surface area contributed by atoms with Gasteiger partial charge in [-0.1, -0.05) is 190 Å². The second kappa shape index (κ2) is 13.2. The molecule has 8 aromatic rings. The van der Waals surface area contributed by atoms with E-state index in [4.69, 9.17) is 10.4 Å². The Morgan fingerprint density at radius 3 is 2.04 bits per heavy atom. The van der Waals surface area contributed by atoms with Crippen LogP contribution in [0.25, 0.3) is 61.0 Å². The Morgan fingerprint density at radius 2 is 1.19 bits per heavy atom. The number of allylic oxidation sites excluding steroid dienone is 1. The number of fused-ring (bicyclic) bond motifs is 5. The van der Waals surface area contributed by atoms with Crippen molar-refractivity contribution in [2.24, 2.45) is 4.99 Å². The topological polar surface area (TPSA) is 36.2 Å². The zero-order valence-electron chi connectivity index (χ0n) is 29.8. The highest BCUT2D eigenvalue weighted by atomic mass is 14.8. The molecular weight excluding hydrogens is 641 g/mol. The van der Waals surface area contributed by atoms with Gasteiger partial charge in [-0.3, -0.25) is 5.41 Å². The minimum absolute atomic E-state index is 0.0627. The first-order chi connectivity index (χ1) is 26.0. The molecule has 0 bridgehead atoms. The Labute approximate surface area is 311 Å². The lowest BCUT2D eigenvalue weighted by Gasteiger charge is -2.21. The van der Waals surface area contributed by atoms with Crippen LogP contribution in [0.4, 0.5) is 0 Å². The number of aliphatic imine (C=N–C) groups is 1. The molecule has 0 fully saturated rings. The van der Waals surface area contributed by atoms with Crippen LogP contribution in [0.1, 0.15) is 41.7 Å². The zero-order chi connectivity index (χ0) is 35.9. The van der Waals surface area contributed by atoms with Crippen LogP contribution in [0.3, 0.4) is 0 Å². The van der Waals surface area contributed by atoms with E-state index in [0.717, 1.165) is 33.5 Å². The molecule has 0 heterocycles. The van der Waals surface area contributed by atoms with Gasteiger partial charge in [0.15, 0.2) is 5.84 Å². The van der Waals surface area contributed by atoms with Crippen molar-refractivity contribution in [2.45, 2.75) is 19.3 Å². The molecule has 8 aromatic carbocycles. The summed E-state index contributed by atoms with van der Waals surface area (Å²) in [6.45, 7) is 4.67. The summed E-state index contributed by atoms with van der Waals surface area (Å²) in [5.41, 5.74) is 13.6. The number of amidine groups is 1. The van der Waals surface area contributed by atoms with Crippen LogP contribution >= 0.6 is 0 Å². The molecule has 0 amide bonds. The fourth-order valence-electron chi connectivity index (χ4n) is 8.13. The largest absolute Gasteiger partial charge is 0.282 e. The van der Waals surface area contributed by atoms with Gasteiger partial charge in [0.2, 0.25) is 0 Å². The van der Waals surface area contributed by atoms with Crippen LogP contribution in [0.2, 0.25) is 0 Å². The lowest BCUT2D eigenvalue weighted by Crippen LogP contribution is -2.14. The van der Waals surface area contributed by atoms with E-state index in [2.05, 4.69) is 172 Å². The molecule has 0 saturated heterocycles. The number of hydrogen-bond acceptors (Lipinski definition) is 1. The van der Waals surface area contributed by atoms with Crippen LogP contribution < -0.4 is 0 Å². The summed E-state index contributed by atoms with van der Waals surface area (Å²) in [5, 5.41) is 13.8. The summed E-state index contributed by atoms with van der Waals surface area (Å²) in [6, 6.07) is 62.0. The maximum Gasteiger partial charge on any atom is 0.152 e. The Bertz CT molecular complexity index is 2770. The van der Waals surface area contributed by atoms with Crippen molar-refractivity contribution in [3.05, 3.63) is 210 Å². The third-order valence-electron chi connectivity index (χ3n) is 10.8. The SMILES string of the molecule is CC1(C)c2ccccc2-c2c(-c3ccc(/C=C/C(=NC(=N)c4ccccc4)c4ccccc4-c4ccc5ccccc5c4)c4ccccc34)cccc21. The first-order valence-electron chi connectivity index (χ1n) is 18.2. The summed E-state index contributed by atoms with van der Waals surface area (Å²) in [7, 11) is 0. The number of benzene rings is 8. The van der Waals surface area contributed by atoms with Gasteiger partial charge in [-0.25, -0.2) is 4.99 Å².